The van der Waals surface area contributed by atoms with Gasteiger partial charge in [-0.25, -0.2) is 0 Å². The minimum Gasteiger partial charge on any atom is -0.357 e. The largest absolute Gasteiger partial charge is 0.357 e. The summed E-state index contributed by atoms with van der Waals surface area (Å²) in [5.74, 6) is -0.977. The summed E-state index contributed by atoms with van der Waals surface area (Å²) in [7, 11) is 1.32. The lowest BCUT2D eigenvalue weighted by Gasteiger charge is -2.33. The SMILES string of the molecule is COC1(Cl)C(Cl)=CC=C(Cl)C1C(=O)Cl. The molecule has 2 atom stereocenters. The zero-order valence-corrected chi connectivity index (χ0v) is 10.1. The van der Waals surface area contributed by atoms with Crippen LogP contribution in [-0.4, -0.2) is 17.4 Å². The van der Waals surface area contributed by atoms with Crippen molar-refractivity contribution in [2.24, 2.45) is 5.92 Å². The third-order valence-electron chi connectivity index (χ3n) is 1.89. The van der Waals surface area contributed by atoms with Gasteiger partial charge in [-0.3, -0.25) is 4.79 Å². The van der Waals surface area contributed by atoms with E-state index in [0.29, 0.717) is 0 Å². The van der Waals surface area contributed by atoms with Crippen molar-refractivity contribution in [3.8, 4) is 0 Å². The van der Waals surface area contributed by atoms with Crippen LogP contribution < -0.4 is 0 Å². The van der Waals surface area contributed by atoms with E-state index in [1.54, 1.807) is 0 Å². The minimum atomic E-state index is -1.49. The van der Waals surface area contributed by atoms with Crippen molar-refractivity contribution in [2.45, 2.75) is 5.06 Å². The van der Waals surface area contributed by atoms with Gasteiger partial charge in [0, 0.05) is 12.1 Å². The fraction of sp³-hybridized carbons (Fsp3) is 0.375. The van der Waals surface area contributed by atoms with E-state index >= 15 is 0 Å². The van der Waals surface area contributed by atoms with Gasteiger partial charge in [-0.2, -0.15) is 0 Å². The van der Waals surface area contributed by atoms with E-state index in [2.05, 4.69) is 0 Å². The van der Waals surface area contributed by atoms with Crippen LogP contribution in [0.4, 0.5) is 0 Å². The van der Waals surface area contributed by atoms with Gasteiger partial charge in [0.1, 0.15) is 5.92 Å². The molecule has 0 spiro atoms. The Labute approximate surface area is 101 Å². The van der Waals surface area contributed by atoms with E-state index in [1.165, 1.54) is 19.3 Å². The number of ether oxygens (including phenoxy) is 1. The first-order valence-corrected chi connectivity index (χ1v) is 5.11. The van der Waals surface area contributed by atoms with E-state index in [4.69, 9.17) is 51.1 Å². The van der Waals surface area contributed by atoms with Crippen LogP contribution in [0.5, 0.6) is 0 Å². The molecule has 0 aliphatic heterocycles. The van der Waals surface area contributed by atoms with Gasteiger partial charge in [0.05, 0.1) is 5.03 Å². The predicted octanol–water partition coefficient (Wildman–Crippen LogP) is 3.21. The molecular formula is C8H6Cl4O2. The average Bonchev–Trinajstić information content (AvgIpc) is 2.11. The molecule has 6 heteroatoms. The highest BCUT2D eigenvalue weighted by atomic mass is 35.5. The Kier molecular flexibility index (Phi) is 3.89. The predicted molar refractivity (Wildman–Crippen MR) is 57.8 cm³/mol. The third kappa shape index (κ3) is 1.95. The molecule has 1 aliphatic carbocycles. The van der Waals surface area contributed by atoms with Crippen LogP contribution in [0.25, 0.3) is 0 Å². The Bertz CT molecular complexity index is 323. The Morgan fingerprint density at radius 3 is 2.43 bits per heavy atom. The van der Waals surface area contributed by atoms with Crippen LogP contribution >= 0.6 is 46.4 Å². The maximum atomic E-state index is 11.1. The summed E-state index contributed by atoms with van der Waals surface area (Å²) >= 11 is 23.0. The average molecular weight is 276 g/mol. The second kappa shape index (κ2) is 4.42. The maximum absolute atomic E-state index is 11.1. The number of allylic oxidation sites excluding steroid dienone is 2. The van der Waals surface area contributed by atoms with Crippen molar-refractivity contribution < 1.29 is 9.53 Å². The standard InChI is InChI=1S/C8H6Cl4O2/c1-14-8(12)5(10)3-2-4(9)6(8)7(11)13/h2-3,6H,1H3. The van der Waals surface area contributed by atoms with E-state index in [9.17, 15) is 4.79 Å². The minimum absolute atomic E-state index is 0.171. The molecule has 2 unspecified atom stereocenters. The molecule has 1 rings (SSSR count). The highest BCUT2D eigenvalue weighted by Crippen LogP contribution is 2.45. The van der Waals surface area contributed by atoms with Crippen molar-refractivity contribution in [1.82, 2.24) is 0 Å². The van der Waals surface area contributed by atoms with Crippen molar-refractivity contribution in [3.63, 3.8) is 0 Å². The van der Waals surface area contributed by atoms with Crippen LogP contribution in [0.3, 0.4) is 0 Å². The number of hydrogen-bond acceptors (Lipinski definition) is 2. The number of carbonyl (C=O) groups is 1. The van der Waals surface area contributed by atoms with Crippen LogP contribution in [0.15, 0.2) is 22.2 Å². The monoisotopic (exact) mass is 274 g/mol. The third-order valence-corrected chi connectivity index (χ3v) is 3.53. The van der Waals surface area contributed by atoms with Gasteiger partial charge in [0.25, 0.3) is 0 Å². The summed E-state index contributed by atoms with van der Waals surface area (Å²) < 4.78 is 4.97. The molecule has 0 radical (unpaired) electrons. The molecule has 1 aliphatic rings. The number of hydrogen-bond donors (Lipinski definition) is 0. The van der Waals surface area contributed by atoms with E-state index in [1.807, 2.05) is 0 Å². The van der Waals surface area contributed by atoms with Crippen molar-refractivity contribution in [3.05, 3.63) is 22.2 Å². The zero-order valence-electron chi connectivity index (χ0n) is 7.06. The first-order valence-electron chi connectivity index (χ1n) is 3.60. The summed E-state index contributed by atoms with van der Waals surface area (Å²) in [5, 5.41) is -1.84. The smallest absolute Gasteiger partial charge is 0.234 e. The van der Waals surface area contributed by atoms with Crippen molar-refractivity contribution >= 4 is 51.6 Å². The molecule has 0 saturated carbocycles. The highest BCUT2D eigenvalue weighted by molar-refractivity contribution is 6.66. The molecule has 2 nitrogen and oxygen atoms in total. The molecule has 0 saturated heterocycles. The van der Waals surface area contributed by atoms with E-state index < -0.39 is 16.2 Å². The molecule has 0 bridgehead atoms. The first kappa shape index (κ1) is 12.3. The lowest BCUT2D eigenvalue weighted by molar-refractivity contribution is -0.117. The molecule has 0 fully saturated rings. The summed E-state index contributed by atoms with van der Waals surface area (Å²) in [5.41, 5.74) is 0. The van der Waals surface area contributed by atoms with Gasteiger partial charge < -0.3 is 4.74 Å². The Morgan fingerprint density at radius 2 is 2.07 bits per heavy atom. The molecular weight excluding hydrogens is 270 g/mol. The second-order valence-electron chi connectivity index (χ2n) is 2.65. The van der Waals surface area contributed by atoms with Gasteiger partial charge in [0.15, 0.2) is 5.06 Å². The summed E-state index contributed by atoms with van der Waals surface area (Å²) in [6.07, 6.45) is 2.94. The van der Waals surface area contributed by atoms with Crippen LogP contribution in [-0.2, 0) is 9.53 Å². The molecule has 0 aromatic heterocycles. The molecule has 0 aromatic carbocycles. The quantitative estimate of drug-likeness (QED) is 0.571. The summed E-state index contributed by atoms with van der Waals surface area (Å²) in [6.45, 7) is 0. The Morgan fingerprint density at radius 1 is 1.50 bits per heavy atom. The van der Waals surface area contributed by atoms with Gasteiger partial charge in [-0.15, -0.1) is 0 Å². The number of rotatable bonds is 2. The lowest BCUT2D eigenvalue weighted by atomic mass is 9.97. The highest BCUT2D eigenvalue weighted by Gasteiger charge is 2.47. The molecule has 78 valence electrons. The lowest BCUT2D eigenvalue weighted by Crippen LogP contribution is -2.40. The molecule has 0 heterocycles. The van der Waals surface area contributed by atoms with Crippen LogP contribution in [0.2, 0.25) is 0 Å². The summed E-state index contributed by atoms with van der Waals surface area (Å²) in [4.78, 5) is 11.1. The van der Waals surface area contributed by atoms with E-state index in [-0.39, 0.29) is 10.1 Å². The first-order chi connectivity index (χ1) is 6.43. The van der Waals surface area contributed by atoms with Crippen molar-refractivity contribution in [2.75, 3.05) is 7.11 Å². The van der Waals surface area contributed by atoms with Gasteiger partial charge in [0.2, 0.25) is 5.24 Å². The molecule has 0 aromatic rings. The topological polar surface area (TPSA) is 26.3 Å². The van der Waals surface area contributed by atoms with Gasteiger partial charge in [-0.05, 0) is 23.8 Å². The second-order valence-corrected chi connectivity index (χ2v) is 4.43. The Balaban J connectivity index is 3.20. The normalized spacial score (nSPS) is 32.2. The Hall–Kier alpha value is 0.270. The summed E-state index contributed by atoms with van der Waals surface area (Å²) in [6, 6.07) is 0. The molecule has 0 amide bonds. The number of halogens is 4. The van der Waals surface area contributed by atoms with E-state index in [0.717, 1.165) is 0 Å². The number of methoxy groups -OCH3 is 1. The zero-order chi connectivity index (χ0) is 10.9. The van der Waals surface area contributed by atoms with Crippen molar-refractivity contribution in [1.29, 1.82) is 0 Å². The van der Waals surface area contributed by atoms with Crippen LogP contribution in [0, 0.1) is 5.92 Å². The fourth-order valence-corrected chi connectivity index (χ4v) is 2.43. The van der Waals surface area contributed by atoms with Crippen LogP contribution in [0.1, 0.15) is 0 Å². The van der Waals surface area contributed by atoms with Gasteiger partial charge in [-0.1, -0.05) is 34.8 Å². The number of alkyl halides is 1. The van der Waals surface area contributed by atoms with Gasteiger partial charge >= 0.3 is 0 Å². The molecule has 14 heavy (non-hydrogen) atoms. The maximum Gasteiger partial charge on any atom is 0.234 e. The molecule has 0 N–H and O–H groups in total. The fourth-order valence-electron chi connectivity index (χ4n) is 1.15. The number of carbonyl (C=O) groups excluding carboxylic acids is 1.